The molecule has 0 saturated carbocycles. The number of aromatic nitrogens is 3. The summed E-state index contributed by atoms with van der Waals surface area (Å²) in [4.78, 5) is 0. The van der Waals surface area contributed by atoms with Crippen molar-refractivity contribution < 1.29 is 5.11 Å². The first-order valence-electron chi connectivity index (χ1n) is 4.84. The molecular weight excluding hydrogens is 206 g/mol. The predicted octanol–water partition coefficient (Wildman–Crippen LogP) is 0.519. The molecule has 1 aromatic carbocycles. The highest BCUT2D eigenvalue weighted by atomic mass is 16.3. The fourth-order valence-corrected chi connectivity index (χ4v) is 1.70. The van der Waals surface area contributed by atoms with Crippen LogP contribution >= 0.6 is 0 Å². The van der Waals surface area contributed by atoms with E-state index in [4.69, 9.17) is 0 Å². The van der Waals surface area contributed by atoms with Gasteiger partial charge < -0.3 is 5.11 Å². The molecule has 0 unspecified atom stereocenters. The Hall–Kier alpha value is -2.21. The zero-order chi connectivity index (χ0) is 11.0. The lowest BCUT2D eigenvalue weighted by molar-refractivity contribution is 0.269. The fourth-order valence-electron chi connectivity index (χ4n) is 1.70. The van der Waals surface area contributed by atoms with Crippen molar-refractivity contribution in [2.24, 2.45) is 5.10 Å². The quantitative estimate of drug-likeness (QED) is 0.727. The number of hydrogen-bond donors (Lipinski definition) is 2. The molecule has 2 aromatic rings. The number of rotatable bonds is 1. The maximum Gasteiger partial charge on any atom is 0.249 e. The molecular formula is C10H9N5O. The van der Waals surface area contributed by atoms with Crippen LogP contribution in [0.4, 0.5) is 5.95 Å². The first kappa shape index (κ1) is 9.05. The van der Waals surface area contributed by atoms with Crippen LogP contribution in [-0.2, 0) is 6.61 Å². The summed E-state index contributed by atoms with van der Waals surface area (Å²) in [6, 6.07) is 7.72. The number of aliphatic hydroxyl groups excluding tert-OH is 1. The Morgan fingerprint density at radius 2 is 2.12 bits per heavy atom. The van der Waals surface area contributed by atoms with E-state index in [2.05, 4.69) is 20.7 Å². The highest BCUT2D eigenvalue weighted by Crippen LogP contribution is 2.21. The van der Waals surface area contributed by atoms with E-state index in [1.807, 2.05) is 24.3 Å². The molecule has 0 bridgehead atoms. The SMILES string of the molecule is OCc1nnc2n1-c1ccccc1C=NN2. The van der Waals surface area contributed by atoms with Crippen LogP contribution < -0.4 is 5.43 Å². The van der Waals surface area contributed by atoms with E-state index in [1.54, 1.807) is 10.8 Å². The van der Waals surface area contributed by atoms with Gasteiger partial charge in [-0.1, -0.05) is 18.2 Å². The summed E-state index contributed by atoms with van der Waals surface area (Å²) in [6.07, 6.45) is 1.71. The Morgan fingerprint density at radius 1 is 1.25 bits per heavy atom. The Kier molecular flexibility index (Phi) is 1.94. The Morgan fingerprint density at radius 3 is 3.00 bits per heavy atom. The molecule has 1 aliphatic rings. The van der Waals surface area contributed by atoms with Crippen LogP contribution in [0.2, 0.25) is 0 Å². The fraction of sp³-hybridized carbons (Fsp3) is 0.100. The van der Waals surface area contributed by atoms with Crippen LogP contribution in [0.25, 0.3) is 5.69 Å². The van der Waals surface area contributed by atoms with Gasteiger partial charge in [-0.15, -0.1) is 10.2 Å². The van der Waals surface area contributed by atoms with Crippen molar-refractivity contribution in [2.45, 2.75) is 6.61 Å². The third kappa shape index (κ3) is 1.20. The van der Waals surface area contributed by atoms with Crippen LogP contribution in [0, 0.1) is 0 Å². The highest BCUT2D eigenvalue weighted by molar-refractivity contribution is 5.86. The molecule has 0 radical (unpaired) electrons. The van der Waals surface area contributed by atoms with E-state index in [1.165, 1.54) is 0 Å². The van der Waals surface area contributed by atoms with Gasteiger partial charge in [0.05, 0.1) is 11.9 Å². The van der Waals surface area contributed by atoms with Crippen LogP contribution in [-0.4, -0.2) is 26.1 Å². The van der Waals surface area contributed by atoms with E-state index in [0.29, 0.717) is 11.8 Å². The van der Waals surface area contributed by atoms with Gasteiger partial charge in [0.15, 0.2) is 5.82 Å². The third-order valence-electron chi connectivity index (χ3n) is 2.42. The van der Waals surface area contributed by atoms with Crippen LogP contribution in [0.1, 0.15) is 11.4 Å². The van der Waals surface area contributed by atoms with Gasteiger partial charge in [-0.2, -0.15) is 5.10 Å². The molecule has 1 aromatic heterocycles. The zero-order valence-electron chi connectivity index (χ0n) is 8.33. The van der Waals surface area contributed by atoms with Crippen molar-refractivity contribution in [2.75, 3.05) is 5.43 Å². The minimum atomic E-state index is -0.164. The van der Waals surface area contributed by atoms with E-state index in [0.717, 1.165) is 11.3 Å². The van der Waals surface area contributed by atoms with Gasteiger partial charge in [0.1, 0.15) is 6.61 Å². The van der Waals surface area contributed by atoms with E-state index < -0.39 is 0 Å². The molecule has 0 amide bonds. The van der Waals surface area contributed by atoms with Gasteiger partial charge in [0.25, 0.3) is 0 Å². The van der Waals surface area contributed by atoms with E-state index >= 15 is 0 Å². The number of nitrogens with one attached hydrogen (secondary N) is 1. The molecule has 2 heterocycles. The Balaban J connectivity index is 2.31. The molecule has 16 heavy (non-hydrogen) atoms. The van der Waals surface area contributed by atoms with Gasteiger partial charge in [0.2, 0.25) is 5.95 Å². The molecule has 6 nitrogen and oxygen atoms in total. The maximum atomic E-state index is 9.21. The maximum absolute atomic E-state index is 9.21. The van der Waals surface area contributed by atoms with Crippen LogP contribution in [0.5, 0.6) is 0 Å². The number of hydrogen-bond acceptors (Lipinski definition) is 5. The van der Waals surface area contributed by atoms with Crippen molar-refractivity contribution >= 4 is 12.2 Å². The molecule has 0 saturated heterocycles. The largest absolute Gasteiger partial charge is 0.388 e. The summed E-state index contributed by atoms with van der Waals surface area (Å²) in [7, 11) is 0. The summed E-state index contributed by atoms with van der Waals surface area (Å²) >= 11 is 0. The number of benzene rings is 1. The van der Waals surface area contributed by atoms with Crippen molar-refractivity contribution in [3.63, 3.8) is 0 Å². The lowest BCUT2D eigenvalue weighted by Gasteiger charge is -2.08. The smallest absolute Gasteiger partial charge is 0.249 e. The summed E-state index contributed by atoms with van der Waals surface area (Å²) in [6.45, 7) is -0.164. The monoisotopic (exact) mass is 215 g/mol. The third-order valence-corrected chi connectivity index (χ3v) is 2.42. The van der Waals surface area contributed by atoms with Crippen molar-refractivity contribution in [1.82, 2.24) is 14.8 Å². The lowest BCUT2D eigenvalue weighted by atomic mass is 10.2. The van der Waals surface area contributed by atoms with Crippen molar-refractivity contribution in [1.29, 1.82) is 0 Å². The number of nitrogens with zero attached hydrogens (tertiary/aromatic N) is 4. The van der Waals surface area contributed by atoms with Gasteiger partial charge in [0, 0.05) is 5.56 Å². The molecule has 0 aliphatic carbocycles. The molecule has 80 valence electrons. The van der Waals surface area contributed by atoms with Gasteiger partial charge in [-0.3, -0.25) is 4.57 Å². The van der Waals surface area contributed by atoms with Gasteiger partial charge >= 0.3 is 0 Å². The second-order valence-corrected chi connectivity index (χ2v) is 3.36. The van der Waals surface area contributed by atoms with Crippen LogP contribution in [0.15, 0.2) is 29.4 Å². The molecule has 0 spiro atoms. The van der Waals surface area contributed by atoms with E-state index in [-0.39, 0.29) is 6.61 Å². The average Bonchev–Trinajstić information content (AvgIpc) is 2.64. The number of fused-ring (bicyclic) bond motifs is 3. The first-order chi connectivity index (χ1) is 7.90. The summed E-state index contributed by atoms with van der Waals surface area (Å²) in [5.74, 6) is 0.991. The topological polar surface area (TPSA) is 75.3 Å². The zero-order valence-corrected chi connectivity index (χ0v) is 8.33. The molecule has 2 N–H and O–H groups in total. The number of hydrazone groups is 1. The minimum Gasteiger partial charge on any atom is -0.388 e. The van der Waals surface area contributed by atoms with Crippen molar-refractivity contribution in [3.8, 4) is 5.69 Å². The standard InChI is InChI=1S/C10H9N5O/c16-6-9-12-14-10-13-11-5-7-3-1-2-4-8(7)15(9)10/h1-5,16H,6H2,(H,13,14). The number of para-hydroxylation sites is 1. The second kappa shape index (κ2) is 3.42. The average molecular weight is 215 g/mol. The Labute approximate surface area is 91.2 Å². The number of anilines is 1. The molecule has 3 rings (SSSR count). The van der Waals surface area contributed by atoms with Crippen LogP contribution in [0.3, 0.4) is 0 Å². The molecule has 0 fully saturated rings. The lowest BCUT2D eigenvalue weighted by Crippen LogP contribution is -2.04. The highest BCUT2D eigenvalue weighted by Gasteiger charge is 2.16. The number of aliphatic hydroxyl groups is 1. The summed E-state index contributed by atoms with van der Waals surface area (Å²) in [5, 5.41) is 21.0. The van der Waals surface area contributed by atoms with Gasteiger partial charge in [-0.25, -0.2) is 5.43 Å². The van der Waals surface area contributed by atoms with Gasteiger partial charge in [-0.05, 0) is 6.07 Å². The first-order valence-corrected chi connectivity index (χ1v) is 4.84. The summed E-state index contributed by atoms with van der Waals surface area (Å²) in [5.41, 5.74) is 4.62. The normalized spacial score (nSPS) is 12.6. The molecule has 1 aliphatic heterocycles. The molecule has 6 heteroatoms. The Bertz CT molecular complexity index is 560. The van der Waals surface area contributed by atoms with E-state index in [9.17, 15) is 5.11 Å². The predicted molar refractivity (Wildman–Crippen MR) is 58.5 cm³/mol. The summed E-state index contributed by atoms with van der Waals surface area (Å²) < 4.78 is 1.75. The second-order valence-electron chi connectivity index (χ2n) is 3.36. The van der Waals surface area contributed by atoms with Crippen molar-refractivity contribution in [3.05, 3.63) is 35.7 Å². The molecule has 0 atom stereocenters. The minimum absolute atomic E-state index is 0.164.